The molecular formula is C13H12ClFN2. The quantitative estimate of drug-likeness (QED) is 0.905. The highest BCUT2D eigenvalue weighted by atomic mass is 35.5. The van der Waals surface area contributed by atoms with Crippen molar-refractivity contribution in [3.63, 3.8) is 0 Å². The van der Waals surface area contributed by atoms with E-state index in [0.717, 1.165) is 23.2 Å². The maximum Gasteiger partial charge on any atom is 0.141 e. The summed E-state index contributed by atoms with van der Waals surface area (Å²) in [6.07, 6.45) is 3.54. The molecule has 2 aromatic rings. The molecule has 0 aliphatic rings. The molecular weight excluding hydrogens is 239 g/mol. The largest absolute Gasteiger partial charge is 0.316 e. The number of rotatable bonds is 3. The van der Waals surface area contributed by atoms with E-state index in [0.29, 0.717) is 0 Å². The van der Waals surface area contributed by atoms with Crippen LogP contribution in [0, 0.1) is 5.82 Å². The lowest BCUT2D eigenvalue weighted by molar-refractivity contribution is 0.628. The fourth-order valence-electron chi connectivity index (χ4n) is 1.62. The Kier molecular flexibility index (Phi) is 3.71. The van der Waals surface area contributed by atoms with Crippen LogP contribution in [0.15, 0.2) is 36.7 Å². The van der Waals surface area contributed by atoms with Gasteiger partial charge in [0, 0.05) is 24.5 Å². The Balaban J connectivity index is 2.38. The first kappa shape index (κ1) is 12.0. The van der Waals surface area contributed by atoms with Gasteiger partial charge < -0.3 is 5.32 Å². The van der Waals surface area contributed by atoms with Crippen LogP contribution in [-0.4, -0.2) is 12.0 Å². The number of nitrogens with one attached hydrogen (secondary N) is 1. The maximum atomic E-state index is 13.1. The second kappa shape index (κ2) is 5.25. The minimum absolute atomic E-state index is 0.126. The molecule has 0 radical (unpaired) electrons. The molecule has 17 heavy (non-hydrogen) atoms. The van der Waals surface area contributed by atoms with Gasteiger partial charge in [0.05, 0.1) is 5.02 Å². The van der Waals surface area contributed by atoms with Crippen molar-refractivity contribution in [1.82, 2.24) is 10.3 Å². The molecule has 0 unspecified atom stereocenters. The first-order valence-electron chi connectivity index (χ1n) is 5.24. The maximum absolute atomic E-state index is 13.1. The van der Waals surface area contributed by atoms with E-state index in [1.165, 1.54) is 6.07 Å². The lowest BCUT2D eigenvalue weighted by Crippen LogP contribution is -2.05. The highest BCUT2D eigenvalue weighted by Crippen LogP contribution is 2.24. The van der Waals surface area contributed by atoms with Gasteiger partial charge in [0.25, 0.3) is 0 Å². The molecule has 0 aliphatic carbocycles. The molecule has 0 fully saturated rings. The Morgan fingerprint density at radius 3 is 2.76 bits per heavy atom. The van der Waals surface area contributed by atoms with E-state index in [1.807, 2.05) is 13.1 Å². The summed E-state index contributed by atoms with van der Waals surface area (Å²) < 4.78 is 13.1. The van der Waals surface area contributed by atoms with Gasteiger partial charge in [-0.2, -0.15) is 0 Å². The van der Waals surface area contributed by atoms with Crippen molar-refractivity contribution in [1.29, 1.82) is 0 Å². The van der Waals surface area contributed by atoms with E-state index in [4.69, 9.17) is 11.6 Å². The third-order valence-corrected chi connectivity index (χ3v) is 2.72. The van der Waals surface area contributed by atoms with Gasteiger partial charge in [-0.1, -0.05) is 17.7 Å². The van der Waals surface area contributed by atoms with Crippen molar-refractivity contribution in [3.8, 4) is 11.1 Å². The van der Waals surface area contributed by atoms with Gasteiger partial charge in [0.15, 0.2) is 0 Å². The van der Waals surface area contributed by atoms with Crippen molar-refractivity contribution in [2.75, 3.05) is 7.05 Å². The lowest BCUT2D eigenvalue weighted by Gasteiger charge is -2.05. The van der Waals surface area contributed by atoms with Crippen LogP contribution in [-0.2, 0) is 6.54 Å². The monoisotopic (exact) mass is 250 g/mol. The van der Waals surface area contributed by atoms with E-state index in [-0.39, 0.29) is 5.02 Å². The van der Waals surface area contributed by atoms with Gasteiger partial charge >= 0.3 is 0 Å². The molecule has 0 saturated heterocycles. The zero-order chi connectivity index (χ0) is 12.3. The van der Waals surface area contributed by atoms with Gasteiger partial charge in [-0.3, -0.25) is 4.98 Å². The summed E-state index contributed by atoms with van der Waals surface area (Å²) in [5.41, 5.74) is 2.87. The smallest absolute Gasteiger partial charge is 0.141 e. The van der Waals surface area contributed by atoms with Crippen LogP contribution in [0.3, 0.4) is 0 Å². The Bertz CT molecular complexity index is 529. The molecule has 1 aromatic heterocycles. The van der Waals surface area contributed by atoms with Crippen molar-refractivity contribution in [3.05, 3.63) is 53.1 Å². The van der Waals surface area contributed by atoms with E-state index in [2.05, 4.69) is 10.3 Å². The zero-order valence-corrected chi connectivity index (χ0v) is 10.1. The molecule has 0 bridgehead atoms. The number of nitrogens with zero attached hydrogens (tertiary/aromatic N) is 1. The molecule has 88 valence electrons. The molecule has 1 heterocycles. The summed E-state index contributed by atoms with van der Waals surface area (Å²) in [5, 5.41) is 3.18. The van der Waals surface area contributed by atoms with Gasteiger partial charge in [-0.15, -0.1) is 0 Å². The Morgan fingerprint density at radius 2 is 2.06 bits per heavy atom. The summed E-state index contributed by atoms with van der Waals surface area (Å²) >= 11 is 5.76. The van der Waals surface area contributed by atoms with Crippen LogP contribution in [0.25, 0.3) is 11.1 Å². The fourth-order valence-corrected chi connectivity index (χ4v) is 1.80. The molecule has 0 spiro atoms. The minimum atomic E-state index is -0.408. The van der Waals surface area contributed by atoms with Crippen LogP contribution in [0.5, 0.6) is 0 Å². The number of hydrogen-bond acceptors (Lipinski definition) is 2. The van der Waals surface area contributed by atoms with Gasteiger partial charge in [-0.25, -0.2) is 4.39 Å². The molecule has 0 saturated carbocycles. The van der Waals surface area contributed by atoms with E-state index in [1.54, 1.807) is 24.5 Å². The number of hydrogen-bond donors (Lipinski definition) is 1. The SMILES string of the molecule is CNCc1cncc(-c2ccc(F)c(Cl)c2)c1. The molecule has 0 atom stereocenters. The summed E-state index contributed by atoms with van der Waals surface area (Å²) in [4.78, 5) is 4.15. The second-order valence-electron chi connectivity index (χ2n) is 3.74. The van der Waals surface area contributed by atoms with Crippen molar-refractivity contribution in [2.45, 2.75) is 6.54 Å². The summed E-state index contributed by atoms with van der Waals surface area (Å²) in [6, 6.07) is 6.67. The van der Waals surface area contributed by atoms with Gasteiger partial charge in [0.2, 0.25) is 0 Å². The number of aromatic nitrogens is 1. The summed E-state index contributed by atoms with van der Waals surface area (Å²) in [6.45, 7) is 0.746. The lowest BCUT2D eigenvalue weighted by atomic mass is 10.1. The number of benzene rings is 1. The third-order valence-electron chi connectivity index (χ3n) is 2.43. The predicted molar refractivity (Wildman–Crippen MR) is 67.4 cm³/mol. The zero-order valence-electron chi connectivity index (χ0n) is 9.37. The highest BCUT2D eigenvalue weighted by molar-refractivity contribution is 6.31. The van der Waals surface area contributed by atoms with Gasteiger partial charge in [0.1, 0.15) is 5.82 Å². The topological polar surface area (TPSA) is 24.9 Å². The van der Waals surface area contributed by atoms with Crippen molar-refractivity contribution >= 4 is 11.6 Å². The number of pyridine rings is 1. The molecule has 0 aliphatic heterocycles. The number of halogens is 2. The van der Waals surface area contributed by atoms with Crippen LogP contribution in [0.2, 0.25) is 5.02 Å². The van der Waals surface area contributed by atoms with Gasteiger partial charge in [-0.05, 0) is 36.4 Å². The third kappa shape index (κ3) is 2.81. The van der Waals surface area contributed by atoms with Crippen molar-refractivity contribution in [2.24, 2.45) is 0 Å². The Labute approximate surface area is 104 Å². The summed E-state index contributed by atoms with van der Waals surface area (Å²) in [5.74, 6) is -0.408. The van der Waals surface area contributed by atoms with E-state index >= 15 is 0 Å². The predicted octanol–water partition coefficient (Wildman–Crippen LogP) is 3.26. The first-order valence-corrected chi connectivity index (χ1v) is 5.62. The first-order chi connectivity index (χ1) is 8.20. The van der Waals surface area contributed by atoms with Crippen LogP contribution in [0.4, 0.5) is 4.39 Å². The fraction of sp³-hybridized carbons (Fsp3) is 0.154. The molecule has 0 amide bonds. The molecule has 1 N–H and O–H groups in total. The van der Waals surface area contributed by atoms with Crippen LogP contribution >= 0.6 is 11.6 Å². The second-order valence-corrected chi connectivity index (χ2v) is 4.15. The van der Waals surface area contributed by atoms with Crippen LogP contribution < -0.4 is 5.32 Å². The average Bonchev–Trinajstić information content (AvgIpc) is 2.33. The van der Waals surface area contributed by atoms with Crippen molar-refractivity contribution < 1.29 is 4.39 Å². The van der Waals surface area contributed by atoms with E-state index in [9.17, 15) is 4.39 Å². The Morgan fingerprint density at radius 1 is 1.24 bits per heavy atom. The van der Waals surface area contributed by atoms with Crippen LogP contribution in [0.1, 0.15) is 5.56 Å². The normalized spacial score (nSPS) is 10.5. The highest BCUT2D eigenvalue weighted by Gasteiger charge is 2.04. The minimum Gasteiger partial charge on any atom is -0.316 e. The molecule has 1 aromatic carbocycles. The standard InChI is InChI=1S/C13H12ClFN2/c1-16-6-9-4-11(8-17-7-9)10-2-3-13(15)12(14)5-10/h2-5,7-8,16H,6H2,1H3. The summed E-state index contributed by atoms with van der Waals surface area (Å²) in [7, 11) is 1.88. The molecule has 2 rings (SSSR count). The Hall–Kier alpha value is -1.45. The molecule has 4 heteroatoms. The van der Waals surface area contributed by atoms with E-state index < -0.39 is 5.82 Å². The average molecular weight is 251 g/mol. The molecule has 2 nitrogen and oxygen atoms in total.